The molecule has 0 N–H and O–H groups in total. The van der Waals surface area contributed by atoms with Gasteiger partial charge in [-0.2, -0.15) is 0 Å². The monoisotopic (exact) mass is 1610 g/mol. The number of pyridine rings is 5. The fraction of sp³-hybridized carbons (Fsp3) is 0.0417. The van der Waals surface area contributed by atoms with E-state index in [-0.39, 0.29) is 0 Å². The molecule has 15 aromatic carbocycles. The smallest absolute Gasteiger partial charge is 0.0701 e. The fourth-order valence-electron chi connectivity index (χ4n) is 16.2. The average molecular weight is 1610 g/mol. The van der Waals surface area contributed by atoms with E-state index in [0.29, 0.717) is 0 Å². The van der Waals surface area contributed by atoms with Crippen molar-refractivity contribution in [2.75, 3.05) is 0 Å². The van der Waals surface area contributed by atoms with Crippen LogP contribution in [0.5, 0.6) is 0 Å². The Balaban J connectivity index is 0.000000115. The van der Waals surface area contributed by atoms with Gasteiger partial charge in [0, 0.05) is 60.7 Å². The highest BCUT2D eigenvalue weighted by atomic mass is 14.7. The maximum absolute atomic E-state index is 4.43. The molecule has 0 unspecified atom stereocenters. The molecule has 0 amide bonds. The van der Waals surface area contributed by atoms with Crippen LogP contribution >= 0.6 is 0 Å². The SMILES string of the molecule is Cc1cccc(-c2ccc(-c3ccccn3)cc2)c1-c1ccccc1.Cc1cccc(-c2ccc(-c3cccnc3)cc2)c1-c1ccccc1.Cc1ccccc1-c1ccccc1-c1ccc(-c2ccccn2)cc1.Cc1ccccc1-c1ccccc1-c1ccc(-c2cccnc2)cc1.Cc1ccccc1-c1ccccc1-c1ccc(-c2ccncc2)cc1. The second-order valence-corrected chi connectivity index (χ2v) is 30.8. The number of aromatic nitrogens is 5. The molecule has 0 aliphatic heterocycles. The van der Waals surface area contributed by atoms with Crippen molar-refractivity contribution in [3.8, 4) is 167 Å². The van der Waals surface area contributed by atoms with Crippen molar-refractivity contribution < 1.29 is 0 Å². The Morgan fingerprint density at radius 3 is 0.688 bits per heavy atom. The van der Waals surface area contributed by atoms with E-state index >= 15 is 0 Å². The van der Waals surface area contributed by atoms with Crippen molar-refractivity contribution in [1.82, 2.24) is 24.9 Å². The molecule has 125 heavy (non-hydrogen) atoms. The lowest BCUT2D eigenvalue weighted by Crippen LogP contribution is -1.89. The van der Waals surface area contributed by atoms with Gasteiger partial charge in [0.05, 0.1) is 11.4 Å². The van der Waals surface area contributed by atoms with E-state index < -0.39 is 0 Å². The van der Waals surface area contributed by atoms with Crippen LogP contribution in [-0.4, -0.2) is 24.9 Å². The first kappa shape index (κ1) is 82.7. The maximum atomic E-state index is 4.43. The first-order valence-electron chi connectivity index (χ1n) is 42.5. The second kappa shape index (κ2) is 40.9. The zero-order chi connectivity index (χ0) is 85.3. The Morgan fingerprint density at radius 1 is 0.128 bits per heavy atom. The van der Waals surface area contributed by atoms with Crippen molar-refractivity contribution in [1.29, 1.82) is 0 Å². The normalized spacial score (nSPS) is 10.6. The van der Waals surface area contributed by atoms with Crippen molar-refractivity contribution in [2.24, 2.45) is 0 Å². The molecule has 600 valence electrons. The van der Waals surface area contributed by atoms with Gasteiger partial charge in [-0.15, -0.1) is 0 Å². The van der Waals surface area contributed by atoms with Crippen LogP contribution in [0.1, 0.15) is 27.8 Å². The number of hydrogen-bond acceptors (Lipinski definition) is 5. The Morgan fingerprint density at radius 2 is 0.376 bits per heavy atom. The topological polar surface area (TPSA) is 64.5 Å². The molecule has 0 fully saturated rings. The van der Waals surface area contributed by atoms with Crippen LogP contribution in [0.4, 0.5) is 0 Å². The van der Waals surface area contributed by atoms with Gasteiger partial charge in [-0.1, -0.05) is 388 Å². The van der Waals surface area contributed by atoms with Crippen molar-refractivity contribution in [3.05, 3.63) is 514 Å². The minimum absolute atomic E-state index is 1.00. The summed E-state index contributed by atoms with van der Waals surface area (Å²) in [5, 5.41) is 0. The lowest BCUT2D eigenvalue weighted by Gasteiger charge is -2.14. The molecule has 5 nitrogen and oxygen atoms in total. The quantitative estimate of drug-likeness (QED) is 0.102. The molecule has 20 rings (SSSR count). The molecule has 0 atom stereocenters. The molecular weight excluding hydrogens is 1510 g/mol. The van der Waals surface area contributed by atoms with Crippen molar-refractivity contribution in [3.63, 3.8) is 0 Å². The number of benzene rings is 15. The molecule has 5 aromatic heterocycles. The van der Waals surface area contributed by atoms with E-state index in [1.54, 1.807) is 12.4 Å². The van der Waals surface area contributed by atoms with Gasteiger partial charge in [-0.05, 0) is 256 Å². The summed E-state index contributed by atoms with van der Waals surface area (Å²) in [6, 6.07) is 153. The highest BCUT2D eigenvalue weighted by Crippen LogP contribution is 2.42. The van der Waals surface area contributed by atoms with Crippen LogP contribution in [0, 0.1) is 34.6 Å². The molecule has 20 aromatic rings. The van der Waals surface area contributed by atoms with Crippen LogP contribution in [0.2, 0.25) is 0 Å². The minimum atomic E-state index is 1.00. The molecule has 0 saturated carbocycles. The Kier molecular flexibility index (Phi) is 27.1. The summed E-state index contributed by atoms with van der Waals surface area (Å²) in [6.45, 7) is 10.8. The molecule has 0 aliphatic carbocycles. The largest absolute Gasteiger partial charge is 0.265 e. The van der Waals surface area contributed by atoms with Gasteiger partial charge < -0.3 is 0 Å². The summed E-state index contributed by atoms with van der Waals surface area (Å²) in [6.07, 6.45) is 14.7. The first-order chi connectivity index (χ1) is 61.6. The number of rotatable bonds is 15. The van der Waals surface area contributed by atoms with Gasteiger partial charge in [-0.3, -0.25) is 24.9 Å². The third-order valence-corrected chi connectivity index (χ3v) is 22.7. The van der Waals surface area contributed by atoms with E-state index in [9.17, 15) is 0 Å². The summed E-state index contributed by atoms with van der Waals surface area (Å²) < 4.78 is 0. The van der Waals surface area contributed by atoms with Crippen molar-refractivity contribution in [2.45, 2.75) is 34.6 Å². The average Bonchev–Trinajstić information content (AvgIpc) is 0.804. The molecule has 5 heterocycles. The lowest BCUT2D eigenvalue weighted by molar-refractivity contribution is 1.33. The first-order valence-corrected chi connectivity index (χ1v) is 42.5. The predicted molar refractivity (Wildman–Crippen MR) is 526 cm³/mol. The van der Waals surface area contributed by atoms with Crippen molar-refractivity contribution >= 4 is 0 Å². The minimum Gasteiger partial charge on any atom is -0.265 e. The van der Waals surface area contributed by atoms with Crippen LogP contribution in [0.15, 0.2) is 486 Å². The van der Waals surface area contributed by atoms with E-state index in [2.05, 4.69) is 436 Å². The molecule has 5 heteroatoms. The van der Waals surface area contributed by atoms with Crippen LogP contribution in [0.25, 0.3) is 167 Å². The predicted octanol–water partition coefficient (Wildman–Crippen LogP) is 32.0. The van der Waals surface area contributed by atoms with E-state index in [0.717, 1.165) is 33.6 Å². The highest BCUT2D eigenvalue weighted by molar-refractivity contribution is 5.91. The molecule has 0 bridgehead atoms. The Bertz CT molecular complexity index is 6280. The number of aryl methyl sites for hydroxylation is 5. The maximum Gasteiger partial charge on any atom is 0.0701 e. The summed E-state index contributed by atoms with van der Waals surface area (Å²) in [7, 11) is 0. The van der Waals surface area contributed by atoms with Gasteiger partial charge in [0.2, 0.25) is 0 Å². The highest BCUT2D eigenvalue weighted by Gasteiger charge is 2.17. The molecule has 0 radical (unpaired) electrons. The standard InChI is InChI=1S/5C24H19N/c1-18-8-2-3-9-21(18)23-11-5-4-10-22(23)19-13-15-20(16-14-19)24-12-6-7-17-25-24;1-18-7-2-3-9-22(18)24-11-5-4-10-23(24)20-14-12-19(13-15-20)21-8-6-16-25-17-21;1-18-6-2-3-7-22(18)24-9-5-4-8-23(24)21-12-10-19(11-13-21)20-14-16-25-17-15-20;1-18-7-5-11-23(24(18)21-8-3-2-4-9-21)20-14-12-19(13-15-20)22-10-6-16-25-17-22;1-18-8-7-11-22(24(18)21-9-3-2-4-10-21)19-13-15-20(16-14-19)23-12-5-6-17-25-23/h5*2-17H,1H3. The summed E-state index contributed by atoms with van der Waals surface area (Å²) in [5.41, 5.74) is 43.0. The third-order valence-electron chi connectivity index (χ3n) is 22.7. The van der Waals surface area contributed by atoms with Crippen LogP contribution < -0.4 is 0 Å². The molecule has 0 aliphatic rings. The van der Waals surface area contributed by atoms with E-state index in [1.165, 1.54) is 161 Å². The lowest BCUT2D eigenvalue weighted by atomic mass is 9.90. The van der Waals surface area contributed by atoms with E-state index in [1.807, 2.05) is 97.8 Å². The molecular formula is C120H95N5. The molecule has 0 spiro atoms. The van der Waals surface area contributed by atoms with Gasteiger partial charge in [0.15, 0.2) is 0 Å². The van der Waals surface area contributed by atoms with Gasteiger partial charge in [0.1, 0.15) is 0 Å². The Hall–Kier alpha value is -16.0. The third kappa shape index (κ3) is 20.4. The van der Waals surface area contributed by atoms with Gasteiger partial charge >= 0.3 is 0 Å². The van der Waals surface area contributed by atoms with Gasteiger partial charge in [-0.25, -0.2) is 0 Å². The summed E-state index contributed by atoms with van der Waals surface area (Å²) in [5.74, 6) is 0. The van der Waals surface area contributed by atoms with Gasteiger partial charge in [0.25, 0.3) is 0 Å². The zero-order valence-electron chi connectivity index (χ0n) is 70.9. The molecule has 0 saturated heterocycles. The van der Waals surface area contributed by atoms with Crippen LogP contribution in [-0.2, 0) is 0 Å². The fourth-order valence-corrected chi connectivity index (χ4v) is 16.2. The van der Waals surface area contributed by atoms with Crippen LogP contribution in [0.3, 0.4) is 0 Å². The Labute approximate surface area is 735 Å². The number of nitrogens with zero attached hydrogens (tertiary/aromatic N) is 5. The summed E-state index contributed by atoms with van der Waals surface area (Å²) >= 11 is 0. The number of hydrogen-bond donors (Lipinski definition) is 0. The summed E-state index contributed by atoms with van der Waals surface area (Å²) in [4.78, 5) is 21.4. The van der Waals surface area contributed by atoms with E-state index in [4.69, 9.17) is 0 Å². The second-order valence-electron chi connectivity index (χ2n) is 30.8. The zero-order valence-corrected chi connectivity index (χ0v) is 70.9.